The minimum Gasteiger partial charge on any atom is -0.334 e. The normalized spacial score (nSPS) is 14.9. The summed E-state index contributed by atoms with van der Waals surface area (Å²) in [6, 6.07) is 13.3. The van der Waals surface area contributed by atoms with Gasteiger partial charge in [0.05, 0.1) is 11.0 Å². The molecule has 3 rings (SSSR count). The molecule has 1 amide bonds. The van der Waals surface area contributed by atoms with Crippen LogP contribution in [0.1, 0.15) is 34.8 Å². The Kier molecular flexibility index (Phi) is 4.53. The monoisotopic (exact) mass is 344 g/mol. The van der Waals surface area contributed by atoms with Crippen molar-refractivity contribution < 1.29 is 9.72 Å². The van der Waals surface area contributed by atoms with Crippen LogP contribution in [0.4, 0.5) is 5.69 Å². The SMILES string of the molecule is CN(C(=O)c1ccc([N+](=O)[O-])cc1)C(c1ccc(Cl)cc1)C1CC1. The number of benzene rings is 2. The van der Waals surface area contributed by atoms with Crippen LogP contribution in [0.3, 0.4) is 0 Å². The highest BCUT2D eigenvalue weighted by molar-refractivity contribution is 6.30. The van der Waals surface area contributed by atoms with Gasteiger partial charge in [0, 0.05) is 29.8 Å². The number of carbonyl (C=O) groups is 1. The van der Waals surface area contributed by atoms with Gasteiger partial charge in [0.15, 0.2) is 0 Å². The van der Waals surface area contributed by atoms with Gasteiger partial charge in [-0.05, 0) is 48.6 Å². The lowest BCUT2D eigenvalue weighted by atomic mass is 10.00. The Hall–Kier alpha value is -2.40. The van der Waals surface area contributed by atoms with Gasteiger partial charge in [-0.2, -0.15) is 0 Å². The van der Waals surface area contributed by atoms with Gasteiger partial charge in [-0.25, -0.2) is 0 Å². The van der Waals surface area contributed by atoms with Gasteiger partial charge in [-0.3, -0.25) is 14.9 Å². The minimum atomic E-state index is -0.474. The molecule has 1 unspecified atom stereocenters. The van der Waals surface area contributed by atoms with Crippen LogP contribution in [0.25, 0.3) is 0 Å². The molecule has 24 heavy (non-hydrogen) atoms. The average Bonchev–Trinajstić information content (AvgIpc) is 3.41. The summed E-state index contributed by atoms with van der Waals surface area (Å²) in [5.41, 5.74) is 1.48. The van der Waals surface area contributed by atoms with E-state index in [1.165, 1.54) is 24.3 Å². The molecule has 5 nitrogen and oxygen atoms in total. The van der Waals surface area contributed by atoms with Crippen molar-refractivity contribution >= 4 is 23.2 Å². The number of non-ortho nitro benzene ring substituents is 1. The predicted octanol–water partition coefficient (Wildman–Crippen LogP) is 4.47. The molecule has 2 aromatic carbocycles. The van der Waals surface area contributed by atoms with Crippen molar-refractivity contribution in [2.75, 3.05) is 7.05 Å². The summed E-state index contributed by atoms with van der Waals surface area (Å²) < 4.78 is 0. The van der Waals surface area contributed by atoms with Gasteiger partial charge in [-0.1, -0.05) is 23.7 Å². The van der Waals surface area contributed by atoms with Crippen molar-refractivity contribution in [3.8, 4) is 0 Å². The van der Waals surface area contributed by atoms with Gasteiger partial charge in [0.2, 0.25) is 0 Å². The highest BCUT2D eigenvalue weighted by atomic mass is 35.5. The van der Waals surface area contributed by atoms with E-state index in [4.69, 9.17) is 11.6 Å². The average molecular weight is 345 g/mol. The maximum atomic E-state index is 12.8. The van der Waals surface area contributed by atoms with Crippen LogP contribution in [-0.4, -0.2) is 22.8 Å². The maximum absolute atomic E-state index is 12.8. The van der Waals surface area contributed by atoms with E-state index in [1.54, 1.807) is 11.9 Å². The first kappa shape index (κ1) is 16.5. The molecule has 1 saturated carbocycles. The number of nitrogens with zero attached hydrogens (tertiary/aromatic N) is 2. The topological polar surface area (TPSA) is 63.5 Å². The van der Waals surface area contributed by atoms with Crippen molar-refractivity contribution in [1.82, 2.24) is 4.90 Å². The van der Waals surface area contributed by atoms with Crippen molar-refractivity contribution in [3.05, 3.63) is 74.8 Å². The lowest BCUT2D eigenvalue weighted by Gasteiger charge is -2.29. The standard InChI is InChI=1S/C18H17ClN2O3/c1-20(18(22)14-6-10-16(11-7-14)21(23)24)17(12-2-3-12)13-4-8-15(19)9-5-13/h4-12,17H,2-3H2,1H3. The van der Waals surface area contributed by atoms with E-state index in [0.29, 0.717) is 16.5 Å². The smallest absolute Gasteiger partial charge is 0.269 e. The van der Waals surface area contributed by atoms with E-state index in [0.717, 1.165) is 18.4 Å². The Morgan fingerprint density at radius 1 is 1.17 bits per heavy atom. The summed E-state index contributed by atoms with van der Waals surface area (Å²) >= 11 is 5.95. The van der Waals surface area contributed by atoms with Crippen LogP contribution in [0.5, 0.6) is 0 Å². The molecule has 0 heterocycles. The zero-order chi connectivity index (χ0) is 17.3. The molecule has 1 aliphatic carbocycles. The van der Waals surface area contributed by atoms with Gasteiger partial charge < -0.3 is 4.90 Å². The zero-order valence-electron chi connectivity index (χ0n) is 13.2. The number of hydrogen-bond acceptors (Lipinski definition) is 3. The first-order chi connectivity index (χ1) is 11.5. The molecule has 0 bridgehead atoms. The Bertz CT molecular complexity index is 755. The Labute approximate surface area is 145 Å². The van der Waals surface area contributed by atoms with Crippen LogP contribution in [0.15, 0.2) is 48.5 Å². The summed E-state index contributed by atoms with van der Waals surface area (Å²) in [5.74, 6) is 0.301. The molecule has 0 N–H and O–H groups in total. The van der Waals surface area contributed by atoms with Gasteiger partial charge >= 0.3 is 0 Å². The third-order valence-corrected chi connectivity index (χ3v) is 4.59. The molecule has 0 aliphatic heterocycles. The van der Waals surface area contributed by atoms with Crippen molar-refractivity contribution in [1.29, 1.82) is 0 Å². The summed E-state index contributed by atoms with van der Waals surface area (Å²) in [5, 5.41) is 11.4. The number of nitro groups is 1. The second kappa shape index (κ2) is 6.61. The Balaban J connectivity index is 1.84. The van der Waals surface area contributed by atoms with Crippen LogP contribution in [0, 0.1) is 16.0 Å². The third-order valence-electron chi connectivity index (χ3n) is 4.34. The molecule has 1 aliphatic rings. The molecule has 0 radical (unpaired) electrons. The fourth-order valence-electron chi connectivity index (χ4n) is 2.94. The maximum Gasteiger partial charge on any atom is 0.269 e. The number of nitro benzene ring substituents is 1. The lowest BCUT2D eigenvalue weighted by Crippen LogP contribution is -2.32. The van der Waals surface area contributed by atoms with Crippen molar-refractivity contribution in [2.45, 2.75) is 18.9 Å². The van der Waals surface area contributed by atoms with E-state index in [-0.39, 0.29) is 17.6 Å². The highest BCUT2D eigenvalue weighted by Gasteiger charge is 2.37. The third kappa shape index (κ3) is 3.41. The number of hydrogen-bond donors (Lipinski definition) is 0. The molecule has 0 saturated heterocycles. The summed E-state index contributed by atoms with van der Waals surface area (Å²) in [6.45, 7) is 0. The van der Waals surface area contributed by atoms with E-state index in [9.17, 15) is 14.9 Å². The quantitative estimate of drug-likeness (QED) is 0.593. The molecular formula is C18H17ClN2O3. The Morgan fingerprint density at radius 3 is 2.25 bits per heavy atom. The molecule has 2 aromatic rings. The van der Waals surface area contributed by atoms with Crippen molar-refractivity contribution in [3.63, 3.8) is 0 Å². The second-order valence-corrected chi connectivity index (χ2v) is 6.49. The minimum absolute atomic E-state index is 0.00930. The van der Waals surface area contributed by atoms with Crippen LogP contribution in [-0.2, 0) is 0 Å². The molecule has 0 aromatic heterocycles. The van der Waals surface area contributed by atoms with Gasteiger partial charge in [0.25, 0.3) is 11.6 Å². The summed E-state index contributed by atoms with van der Waals surface area (Å²) in [7, 11) is 1.78. The van der Waals surface area contributed by atoms with Gasteiger partial charge in [0.1, 0.15) is 0 Å². The van der Waals surface area contributed by atoms with Crippen molar-refractivity contribution in [2.24, 2.45) is 5.92 Å². The summed E-state index contributed by atoms with van der Waals surface area (Å²) in [4.78, 5) is 24.8. The van der Waals surface area contributed by atoms with Crippen LogP contribution < -0.4 is 0 Å². The fraction of sp³-hybridized carbons (Fsp3) is 0.278. The zero-order valence-corrected chi connectivity index (χ0v) is 13.9. The predicted molar refractivity (Wildman–Crippen MR) is 92.1 cm³/mol. The fourth-order valence-corrected chi connectivity index (χ4v) is 3.07. The number of halogens is 1. The lowest BCUT2D eigenvalue weighted by molar-refractivity contribution is -0.384. The van der Waals surface area contributed by atoms with E-state index in [1.807, 2.05) is 24.3 Å². The summed E-state index contributed by atoms with van der Waals surface area (Å²) in [6.07, 6.45) is 2.18. The van der Waals surface area contributed by atoms with E-state index >= 15 is 0 Å². The highest BCUT2D eigenvalue weighted by Crippen LogP contribution is 2.44. The van der Waals surface area contributed by atoms with Crippen LogP contribution >= 0.6 is 11.6 Å². The molecule has 1 fully saturated rings. The van der Waals surface area contributed by atoms with Gasteiger partial charge in [-0.15, -0.1) is 0 Å². The van der Waals surface area contributed by atoms with E-state index in [2.05, 4.69) is 0 Å². The van der Waals surface area contributed by atoms with Crippen LogP contribution in [0.2, 0.25) is 5.02 Å². The molecule has 0 spiro atoms. The number of rotatable bonds is 5. The molecule has 124 valence electrons. The molecular weight excluding hydrogens is 328 g/mol. The van der Waals surface area contributed by atoms with E-state index < -0.39 is 4.92 Å². The number of amides is 1. The second-order valence-electron chi connectivity index (χ2n) is 6.05. The molecule has 1 atom stereocenters. The first-order valence-electron chi connectivity index (χ1n) is 7.74. The Morgan fingerprint density at radius 2 is 1.75 bits per heavy atom. The molecule has 6 heteroatoms. The largest absolute Gasteiger partial charge is 0.334 e. The number of carbonyl (C=O) groups excluding carboxylic acids is 1. The first-order valence-corrected chi connectivity index (χ1v) is 8.12.